The maximum Gasteiger partial charge on any atom is 0.283 e. The molecule has 2 fully saturated rings. The van der Waals surface area contributed by atoms with Gasteiger partial charge in [0.15, 0.2) is 5.83 Å². The first-order valence-electron chi connectivity index (χ1n) is 15.8. The Balaban J connectivity index is 1.45. The summed E-state index contributed by atoms with van der Waals surface area (Å²) in [6, 6.07) is 6.78. The fraction of sp³-hybridized carbons (Fsp3) is 0.333. The largest absolute Gasteiger partial charge is 0.383 e. The number of hydrogen-bond donors (Lipinski definition) is 3. The van der Waals surface area contributed by atoms with E-state index in [4.69, 9.17) is 22.1 Å². The van der Waals surface area contributed by atoms with Crippen molar-refractivity contribution in [3.05, 3.63) is 70.9 Å². The number of pyridine rings is 2. The van der Waals surface area contributed by atoms with Crippen molar-refractivity contribution in [3.63, 3.8) is 0 Å². The minimum Gasteiger partial charge on any atom is -0.383 e. The lowest BCUT2D eigenvalue weighted by atomic mass is 9.96. The lowest BCUT2D eigenvalue weighted by molar-refractivity contribution is -0.114. The van der Waals surface area contributed by atoms with Gasteiger partial charge in [0.25, 0.3) is 11.8 Å². The number of aromatic nitrogens is 3. The molecule has 2 aliphatic rings. The van der Waals surface area contributed by atoms with Crippen molar-refractivity contribution in [1.82, 2.24) is 24.8 Å². The van der Waals surface area contributed by atoms with Gasteiger partial charge in [-0.1, -0.05) is 36.1 Å². The van der Waals surface area contributed by atoms with E-state index < -0.39 is 23.3 Å². The molecule has 1 atom stereocenters. The molecule has 4 N–H and O–H groups in total. The number of fused-ring (bicyclic) bond motifs is 1. The molecular formula is C36H36ClF2N7O3. The summed E-state index contributed by atoms with van der Waals surface area (Å²) in [6.45, 7) is 6.89. The molecule has 1 aliphatic carbocycles. The summed E-state index contributed by atoms with van der Waals surface area (Å²) in [5, 5.41) is 5.74. The number of hydrogen-bond acceptors (Lipinski definition) is 7. The van der Waals surface area contributed by atoms with Crippen LogP contribution in [-0.2, 0) is 16.6 Å². The second-order valence-corrected chi connectivity index (χ2v) is 13.0. The summed E-state index contributed by atoms with van der Waals surface area (Å²) in [4.78, 5) is 35.9. The molecule has 1 aliphatic heterocycles. The van der Waals surface area contributed by atoms with Crippen LogP contribution in [-0.4, -0.2) is 76.3 Å². The average Bonchev–Trinajstić information content (AvgIpc) is 3.52. The van der Waals surface area contributed by atoms with E-state index in [-0.39, 0.29) is 35.8 Å². The molecular weight excluding hydrogens is 652 g/mol. The predicted octanol–water partition coefficient (Wildman–Crippen LogP) is 5.57. The van der Waals surface area contributed by atoms with Crippen LogP contribution < -0.4 is 16.4 Å². The van der Waals surface area contributed by atoms with Crippen molar-refractivity contribution in [2.75, 3.05) is 44.3 Å². The quantitative estimate of drug-likeness (QED) is 0.155. The molecule has 3 aromatic heterocycles. The monoisotopic (exact) mass is 687 g/mol. The van der Waals surface area contributed by atoms with Crippen molar-refractivity contribution >= 4 is 45.8 Å². The van der Waals surface area contributed by atoms with E-state index in [1.165, 1.54) is 6.20 Å². The Hall–Kier alpha value is -4.83. The molecule has 1 aromatic carbocycles. The van der Waals surface area contributed by atoms with Crippen LogP contribution in [0.2, 0.25) is 5.02 Å². The third-order valence-electron chi connectivity index (χ3n) is 8.89. The topological polar surface area (TPSA) is 127 Å². The number of nitrogens with one attached hydrogen (secondary N) is 2. The number of ether oxygens (including phenoxy) is 1. The maximum atomic E-state index is 14.2. The Morgan fingerprint density at radius 1 is 1.22 bits per heavy atom. The molecule has 2 amide bonds. The zero-order valence-corrected chi connectivity index (χ0v) is 28.2. The van der Waals surface area contributed by atoms with Crippen molar-refractivity contribution in [3.8, 4) is 34.2 Å². The number of amides is 2. The number of rotatable bonds is 9. The van der Waals surface area contributed by atoms with E-state index in [0.717, 1.165) is 30.6 Å². The average molecular weight is 688 g/mol. The third kappa shape index (κ3) is 7.15. The Kier molecular flexibility index (Phi) is 9.44. The van der Waals surface area contributed by atoms with Gasteiger partial charge in [-0.25, -0.2) is 18.7 Å². The number of nitrogens with two attached hydrogens (primary N) is 1. The predicted molar refractivity (Wildman–Crippen MR) is 187 cm³/mol. The van der Waals surface area contributed by atoms with Crippen LogP contribution in [0.5, 0.6) is 0 Å². The Bertz CT molecular complexity index is 2060. The van der Waals surface area contributed by atoms with E-state index in [0.29, 0.717) is 51.8 Å². The number of anilines is 2. The van der Waals surface area contributed by atoms with Gasteiger partial charge in [0.05, 0.1) is 39.8 Å². The molecule has 0 spiro atoms. The van der Waals surface area contributed by atoms with Crippen LogP contribution in [0, 0.1) is 18.8 Å². The van der Waals surface area contributed by atoms with Gasteiger partial charge in [-0.05, 0) is 57.0 Å². The summed E-state index contributed by atoms with van der Waals surface area (Å²) < 4.78 is 35.5. The molecule has 254 valence electrons. The zero-order valence-electron chi connectivity index (χ0n) is 27.4. The van der Waals surface area contributed by atoms with Crippen LogP contribution in [0.15, 0.2) is 49.1 Å². The van der Waals surface area contributed by atoms with Crippen molar-refractivity contribution in [1.29, 1.82) is 0 Å². The minimum atomic E-state index is -1.37. The SMILES string of the molecule is C=C(F)C(=O)Nc1ccc(-c2c(-c3cnc(C(=O)NCC4(F)CC4)c(Cl)c3)c3c(N)ncc(C#CCO[C@@H]4CCN(C)C4)c3n2C)c(C)c1. The summed E-state index contributed by atoms with van der Waals surface area (Å²) in [6.07, 6.45) is 5.03. The summed E-state index contributed by atoms with van der Waals surface area (Å²) in [5.41, 5.74) is 10.3. The van der Waals surface area contributed by atoms with Crippen LogP contribution in [0.25, 0.3) is 33.3 Å². The number of halogens is 3. The Morgan fingerprint density at radius 2 is 2.00 bits per heavy atom. The van der Waals surface area contributed by atoms with Gasteiger partial charge in [0, 0.05) is 54.9 Å². The van der Waals surface area contributed by atoms with Crippen LogP contribution in [0.3, 0.4) is 0 Å². The van der Waals surface area contributed by atoms with Gasteiger partial charge in [-0.3, -0.25) is 9.59 Å². The standard InChI is InChI=1S/C36H36ClF2N7O3/c1-20-14-24(44-34(47)21(2)38)7-8-26(20)32-28(23-15-27(37)30(41-17-23)35(48)43-19-36(39)10-11-36)29-31(46(32)4)22(16-42-33(29)40)6-5-13-49-25-9-12-45(3)18-25/h7-8,14-17,25H,2,9-13,18-19H2,1,3-4H3,(H2,40,42)(H,43,48)(H,44,47)/t25-/m1/s1. The van der Waals surface area contributed by atoms with E-state index in [1.54, 1.807) is 30.5 Å². The summed E-state index contributed by atoms with van der Waals surface area (Å²) in [5.74, 6) is 3.96. The lowest BCUT2D eigenvalue weighted by Crippen LogP contribution is -2.31. The van der Waals surface area contributed by atoms with E-state index >= 15 is 0 Å². The molecule has 0 unspecified atom stereocenters. The van der Waals surface area contributed by atoms with E-state index in [1.807, 2.05) is 18.5 Å². The molecule has 1 saturated heterocycles. The van der Waals surface area contributed by atoms with Gasteiger partial charge in [0.2, 0.25) is 0 Å². The molecule has 13 heteroatoms. The highest BCUT2D eigenvalue weighted by Gasteiger charge is 2.43. The number of carbonyl (C=O) groups is 2. The molecule has 1 saturated carbocycles. The second-order valence-electron chi connectivity index (χ2n) is 12.6. The number of nitrogen functional groups attached to an aromatic ring is 1. The lowest BCUT2D eigenvalue weighted by Gasteiger charge is -2.14. The van der Waals surface area contributed by atoms with Crippen molar-refractivity contribution in [2.45, 2.75) is 38.0 Å². The second kappa shape index (κ2) is 13.6. The first-order valence-corrected chi connectivity index (χ1v) is 16.2. The Labute approximate surface area is 287 Å². The maximum absolute atomic E-state index is 14.2. The fourth-order valence-corrected chi connectivity index (χ4v) is 6.35. The summed E-state index contributed by atoms with van der Waals surface area (Å²) >= 11 is 6.65. The minimum absolute atomic E-state index is 0.0340. The Morgan fingerprint density at radius 3 is 2.65 bits per heavy atom. The first kappa shape index (κ1) is 34.0. The molecule has 4 aromatic rings. The van der Waals surface area contributed by atoms with Gasteiger partial charge in [-0.15, -0.1) is 0 Å². The normalized spacial score (nSPS) is 16.7. The first-order chi connectivity index (χ1) is 23.3. The molecule has 0 radical (unpaired) electrons. The fourth-order valence-electron chi connectivity index (χ4n) is 6.10. The number of likely N-dealkylation sites (tertiary alicyclic amines) is 1. The number of carbonyl (C=O) groups excluding carboxylic acids is 2. The van der Waals surface area contributed by atoms with E-state index in [2.05, 4.69) is 51.0 Å². The van der Waals surface area contributed by atoms with Gasteiger partial charge >= 0.3 is 0 Å². The number of benzene rings is 1. The third-order valence-corrected chi connectivity index (χ3v) is 9.18. The molecule has 4 heterocycles. The highest BCUT2D eigenvalue weighted by molar-refractivity contribution is 6.34. The van der Waals surface area contributed by atoms with Crippen molar-refractivity contribution in [2.24, 2.45) is 7.05 Å². The van der Waals surface area contributed by atoms with Gasteiger partial charge in [-0.2, -0.15) is 0 Å². The highest BCUT2D eigenvalue weighted by atomic mass is 35.5. The molecule has 0 bridgehead atoms. The highest BCUT2D eigenvalue weighted by Crippen LogP contribution is 2.45. The van der Waals surface area contributed by atoms with Gasteiger partial charge < -0.3 is 30.6 Å². The van der Waals surface area contributed by atoms with Gasteiger partial charge in [0.1, 0.15) is 23.8 Å². The van der Waals surface area contributed by atoms with Crippen molar-refractivity contribution < 1.29 is 23.1 Å². The molecule has 10 nitrogen and oxygen atoms in total. The van der Waals surface area contributed by atoms with Crippen LogP contribution >= 0.6 is 11.6 Å². The number of aryl methyl sites for hydroxylation is 2. The molecule has 49 heavy (non-hydrogen) atoms. The zero-order chi connectivity index (χ0) is 35.0. The van der Waals surface area contributed by atoms with E-state index in [9.17, 15) is 18.4 Å². The number of nitrogens with zero attached hydrogens (tertiary/aromatic N) is 4. The number of alkyl halides is 1. The smallest absolute Gasteiger partial charge is 0.283 e. The summed E-state index contributed by atoms with van der Waals surface area (Å²) in [7, 11) is 3.93. The van der Waals surface area contributed by atoms with Crippen LogP contribution in [0.4, 0.5) is 20.3 Å². The number of likely N-dealkylation sites (N-methyl/N-ethyl adjacent to an activating group) is 1. The molecule has 6 rings (SSSR count). The van der Waals surface area contributed by atoms with Crippen LogP contribution in [0.1, 0.15) is 40.9 Å².